The zero-order valence-corrected chi connectivity index (χ0v) is 14.3. The fourth-order valence-electron chi connectivity index (χ4n) is 4.05. The molecule has 1 amide bonds. The summed E-state index contributed by atoms with van der Waals surface area (Å²) < 4.78 is 1.89. The van der Waals surface area contributed by atoms with Gasteiger partial charge in [0.2, 0.25) is 5.91 Å². The number of benzene rings is 1. The lowest BCUT2D eigenvalue weighted by Gasteiger charge is -2.32. The third kappa shape index (κ3) is 2.42. The Morgan fingerprint density at radius 3 is 2.91 bits per heavy atom. The molecule has 0 spiro atoms. The van der Waals surface area contributed by atoms with Gasteiger partial charge < -0.3 is 4.90 Å². The van der Waals surface area contributed by atoms with Crippen LogP contribution in [-0.2, 0) is 18.4 Å². The Balaban J connectivity index is 1.65. The molecule has 2 atom stereocenters. The van der Waals surface area contributed by atoms with Gasteiger partial charge in [-0.2, -0.15) is 5.10 Å². The first-order valence-electron chi connectivity index (χ1n) is 8.13. The van der Waals surface area contributed by atoms with Gasteiger partial charge in [0.15, 0.2) is 0 Å². The predicted molar refractivity (Wildman–Crippen MR) is 90.3 cm³/mol. The van der Waals surface area contributed by atoms with E-state index in [0.29, 0.717) is 11.9 Å². The minimum absolute atomic E-state index is 0.129. The molecule has 0 aliphatic carbocycles. The fraction of sp³-hybridized carbons (Fsp3) is 0.529. The number of piperidine rings is 1. The number of nitrogens with zero attached hydrogens (tertiary/aromatic N) is 4. The van der Waals surface area contributed by atoms with E-state index in [1.807, 2.05) is 41.9 Å². The third-order valence-corrected chi connectivity index (χ3v) is 5.63. The van der Waals surface area contributed by atoms with Crippen LogP contribution >= 0.6 is 11.6 Å². The van der Waals surface area contributed by atoms with Crippen LogP contribution in [0.2, 0.25) is 5.02 Å². The SMILES string of the molecule is CN1C(=O)C2CCC1CN(Cc1nn(C)c3cccc(Cl)c13)C2. The lowest BCUT2D eigenvalue weighted by molar-refractivity contribution is -0.138. The third-order valence-electron chi connectivity index (χ3n) is 5.31. The molecule has 3 aliphatic rings. The van der Waals surface area contributed by atoms with Crippen LogP contribution in [-0.4, -0.2) is 51.7 Å². The monoisotopic (exact) mass is 332 g/mol. The molecule has 0 saturated carbocycles. The van der Waals surface area contributed by atoms with Gasteiger partial charge >= 0.3 is 0 Å². The molecule has 1 aromatic heterocycles. The number of likely N-dealkylation sites (N-methyl/N-ethyl adjacent to an activating group) is 1. The Morgan fingerprint density at radius 2 is 2.09 bits per heavy atom. The van der Waals surface area contributed by atoms with Crippen molar-refractivity contribution in [2.24, 2.45) is 13.0 Å². The number of aryl methyl sites for hydroxylation is 1. The molecule has 3 saturated heterocycles. The molecule has 2 aromatic rings. The van der Waals surface area contributed by atoms with Crippen molar-refractivity contribution >= 4 is 28.4 Å². The van der Waals surface area contributed by atoms with Gasteiger partial charge in [-0.3, -0.25) is 14.4 Å². The maximum Gasteiger partial charge on any atom is 0.227 e. The summed E-state index contributed by atoms with van der Waals surface area (Å²) in [6.07, 6.45) is 2.11. The summed E-state index contributed by atoms with van der Waals surface area (Å²) in [5, 5.41) is 6.46. The van der Waals surface area contributed by atoms with Crippen molar-refractivity contribution < 1.29 is 4.79 Å². The minimum atomic E-state index is 0.129. The molecule has 2 bridgehead atoms. The molecule has 4 heterocycles. The normalized spacial score (nSPS) is 25.3. The van der Waals surface area contributed by atoms with E-state index in [1.54, 1.807) is 0 Å². The summed E-state index contributed by atoms with van der Waals surface area (Å²) >= 11 is 6.41. The van der Waals surface area contributed by atoms with Crippen LogP contribution in [0.1, 0.15) is 18.5 Å². The summed E-state index contributed by atoms with van der Waals surface area (Å²) in [5.74, 6) is 0.428. The Hall–Kier alpha value is -1.59. The van der Waals surface area contributed by atoms with Crippen LogP contribution in [0.3, 0.4) is 0 Å². The van der Waals surface area contributed by atoms with E-state index < -0.39 is 0 Å². The second kappa shape index (κ2) is 5.49. The van der Waals surface area contributed by atoms with Gasteiger partial charge in [-0.05, 0) is 25.0 Å². The zero-order valence-electron chi connectivity index (χ0n) is 13.5. The number of carbonyl (C=O) groups is 1. The Bertz CT molecular complexity index is 771. The van der Waals surface area contributed by atoms with Crippen LogP contribution in [0.5, 0.6) is 0 Å². The molecule has 1 aromatic carbocycles. The fourth-order valence-corrected chi connectivity index (χ4v) is 4.33. The highest BCUT2D eigenvalue weighted by Crippen LogP contribution is 2.31. The number of carbonyl (C=O) groups excluding carboxylic acids is 1. The minimum Gasteiger partial charge on any atom is -0.341 e. The standard InChI is InChI=1S/C17H21ClN4O/c1-20-12-7-6-11(17(20)23)8-22(9-12)10-14-16-13(18)4-3-5-15(16)21(2)19-14/h3-5,11-12H,6-10H2,1-2H3. The van der Waals surface area contributed by atoms with Gasteiger partial charge in [-0.25, -0.2) is 0 Å². The molecule has 23 heavy (non-hydrogen) atoms. The molecular formula is C17H21ClN4O. The molecular weight excluding hydrogens is 312 g/mol. The van der Waals surface area contributed by atoms with Crippen LogP contribution in [0.15, 0.2) is 18.2 Å². The van der Waals surface area contributed by atoms with Crippen molar-refractivity contribution in [3.8, 4) is 0 Å². The van der Waals surface area contributed by atoms with Crippen LogP contribution in [0, 0.1) is 5.92 Å². The van der Waals surface area contributed by atoms with E-state index in [-0.39, 0.29) is 5.92 Å². The molecule has 5 nitrogen and oxygen atoms in total. The van der Waals surface area contributed by atoms with E-state index in [9.17, 15) is 4.79 Å². The Labute approximate surface area is 140 Å². The van der Waals surface area contributed by atoms with Crippen LogP contribution < -0.4 is 0 Å². The number of aromatic nitrogens is 2. The van der Waals surface area contributed by atoms with E-state index in [1.165, 1.54) is 0 Å². The van der Waals surface area contributed by atoms with E-state index in [2.05, 4.69) is 10.00 Å². The lowest BCUT2D eigenvalue weighted by atomic mass is 9.95. The Morgan fingerprint density at radius 1 is 1.26 bits per heavy atom. The van der Waals surface area contributed by atoms with Gasteiger partial charge in [0.1, 0.15) is 0 Å². The first-order valence-corrected chi connectivity index (χ1v) is 8.51. The van der Waals surface area contributed by atoms with Gasteiger partial charge in [0.05, 0.1) is 22.2 Å². The van der Waals surface area contributed by atoms with Crippen molar-refractivity contribution in [1.29, 1.82) is 0 Å². The summed E-state index contributed by atoms with van der Waals surface area (Å²) in [6.45, 7) is 2.48. The highest BCUT2D eigenvalue weighted by Gasteiger charge is 2.38. The molecule has 122 valence electrons. The maximum atomic E-state index is 12.3. The van der Waals surface area contributed by atoms with Crippen LogP contribution in [0.25, 0.3) is 10.9 Å². The number of fused-ring (bicyclic) bond motifs is 5. The second-order valence-corrected chi connectivity index (χ2v) is 7.18. The van der Waals surface area contributed by atoms with Crippen molar-refractivity contribution in [3.05, 3.63) is 28.9 Å². The maximum absolute atomic E-state index is 12.3. The molecule has 6 heteroatoms. The first kappa shape index (κ1) is 15.0. The van der Waals surface area contributed by atoms with E-state index in [0.717, 1.165) is 54.1 Å². The summed E-state index contributed by atoms with van der Waals surface area (Å²) in [7, 11) is 3.89. The molecule has 2 unspecified atom stereocenters. The van der Waals surface area contributed by atoms with Crippen molar-refractivity contribution in [2.75, 3.05) is 20.1 Å². The molecule has 3 fully saturated rings. The predicted octanol–water partition coefficient (Wildman–Crippen LogP) is 2.28. The smallest absolute Gasteiger partial charge is 0.227 e. The van der Waals surface area contributed by atoms with Gasteiger partial charge in [0, 0.05) is 45.2 Å². The molecule has 5 rings (SSSR count). The first-order chi connectivity index (χ1) is 11.0. The van der Waals surface area contributed by atoms with Gasteiger partial charge in [-0.1, -0.05) is 17.7 Å². The highest BCUT2D eigenvalue weighted by molar-refractivity contribution is 6.35. The van der Waals surface area contributed by atoms with Crippen molar-refractivity contribution in [2.45, 2.75) is 25.4 Å². The zero-order chi connectivity index (χ0) is 16.1. The van der Waals surface area contributed by atoms with Gasteiger partial charge in [-0.15, -0.1) is 0 Å². The van der Waals surface area contributed by atoms with Crippen LogP contribution in [0.4, 0.5) is 0 Å². The lowest BCUT2D eigenvalue weighted by Crippen LogP contribution is -2.45. The highest BCUT2D eigenvalue weighted by atomic mass is 35.5. The van der Waals surface area contributed by atoms with E-state index >= 15 is 0 Å². The second-order valence-electron chi connectivity index (χ2n) is 6.78. The van der Waals surface area contributed by atoms with E-state index in [4.69, 9.17) is 11.6 Å². The average Bonchev–Trinajstić information content (AvgIpc) is 2.68. The molecule has 0 N–H and O–H groups in total. The molecule has 0 radical (unpaired) electrons. The summed E-state index contributed by atoms with van der Waals surface area (Å²) in [6, 6.07) is 6.24. The quantitative estimate of drug-likeness (QED) is 0.847. The number of halogens is 1. The molecule has 3 aliphatic heterocycles. The van der Waals surface area contributed by atoms with Crippen molar-refractivity contribution in [3.63, 3.8) is 0 Å². The van der Waals surface area contributed by atoms with Gasteiger partial charge in [0.25, 0.3) is 0 Å². The largest absolute Gasteiger partial charge is 0.341 e. The number of rotatable bonds is 2. The summed E-state index contributed by atoms with van der Waals surface area (Å²) in [4.78, 5) is 16.6. The number of hydrogen-bond acceptors (Lipinski definition) is 3. The average molecular weight is 333 g/mol. The van der Waals surface area contributed by atoms with Crippen molar-refractivity contribution in [1.82, 2.24) is 19.6 Å². The topological polar surface area (TPSA) is 41.4 Å². The Kier molecular flexibility index (Phi) is 3.58. The number of amides is 1. The number of hydrogen-bond donors (Lipinski definition) is 0. The summed E-state index contributed by atoms with van der Waals surface area (Å²) in [5.41, 5.74) is 2.06.